The van der Waals surface area contributed by atoms with E-state index in [4.69, 9.17) is 14.6 Å². The van der Waals surface area contributed by atoms with Gasteiger partial charge in [-0.25, -0.2) is 9.67 Å². The fraction of sp³-hybridized carbons (Fsp3) is 0.182. The molecule has 0 bridgehead atoms. The Morgan fingerprint density at radius 3 is 2.14 bits per heavy atom. The molecule has 0 amide bonds. The second-order valence-electron chi connectivity index (χ2n) is 6.38. The molecule has 0 aliphatic carbocycles. The highest BCUT2D eigenvalue weighted by atomic mass is 32.1. The Hall–Kier alpha value is -3.12. The van der Waals surface area contributed by atoms with Crippen molar-refractivity contribution in [1.29, 1.82) is 0 Å². The average Bonchev–Trinajstić information content (AvgIpc) is 3.44. The minimum atomic E-state index is 0.122. The molecule has 0 saturated heterocycles. The van der Waals surface area contributed by atoms with Gasteiger partial charge < -0.3 is 9.47 Å². The SMILES string of the molecule is COc1ccc(-c2cc(C(C)c3nccs3)nn2-c2ccc(OC)cc2)cc1. The van der Waals surface area contributed by atoms with Crippen molar-refractivity contribution in [1.82, 2.24) is 14.8 Å². The maximum Gasteiger partial charge on any atom is 0.119 e. The quantitative estimate of drug-likeness (QED) is 0.455. The third-order valence-electron chi connectivity index (χ3n) is 4.70. The lowest BCUT2D eigenvalue weighted by Gasteiger charge is -2.09. The predicted molar refractivity (Wildman–Crippen MR) is 112 cm³/mol. The number of aromatic nitrogens is 3. The highest BCUT2D eigenvalue weighted by molar-refractivity contribution is 7.09. The molecule has 4 rings (SSSR count). The highest BCUT2D eigenvalue weighted by Crippen LogP contribution is 2.31. The van der Waals surface area contributed by atoms with Crippen LogP contribution in [0.4, 0.5) is 0 Å². The van der Waals surface area contributed by atoms with Crippen LogP contribution < -0.4 is 9.47 Å². The number of nitrogens with zero attached hydrogens (tertiary/aromatic N) is 3. The highest BCUT2D eigenvalue weighted by Gasteiger charge is 2.19. The van der Waals surface area contributed by atoms with Crippen molar-refractivity contribution in [2.75, 3.05) is 14.2 Å². The van der Waals surface area contributed by atoms with Crippen LogP contribution in [0.3, 0.4) is 0 Å². The first kappa shape index (κ1) is 18.3. The van der Waals surface area contributed by atoms with Crippen molar-refractivity contribution in [3.8, 4) is 28.4 Å². The van der Waals surface area contributed by atoms with Gasteiger partial charge in [-0.2, -0.15) is 5.10 Å². The number of ether oxygens (including phenoxy) is 2. The molecule has 0 aliphatic heterocycles. The van der Waals surface area contributed by atoms with Gasteiger partial charge in [0, 0.05) is 17.1 Å². The second-order valence-corrected chi connectivity index (χ2v) is 7.31. The number of hydrogen-bond acceptors (Lipinski definition) is 5. The lowest BCUT2D eigenvalue weighted by molar-refractivity contribution is 0.414. The van der Waals surface area contributed by atoms with Crippen LogP contribution in [-0.4, -0.2) is 29.0 Å². The Morgan fingerprint density at radius 2 is 1.57 bits per heavy atom. The van der Waals surface area contributed by atoms with E-state index in [1.165, 1.54) is 0 Å². The van der Waals surface area contributed by atoms with E-state index in [9.17, 15) is 0 Å². The molecule has 0 aliphatic rings. The molecule has 142 valence electrons. The van der Waals surface area contributed by atoms with Crippen LogP contribution in [0.2, 0.25) is 0 Å². The third-order valence-corrected chi connectivity index (χ3v) is 5.65. The summed E-state index contributed by atoms with van der Waals surface area (Å²) in [5.41, 5.74) is 4.05. The van der Waals surface area contributed by atoms with Gasteiger partial charge in [0.15, 0.2) is 0 Å². The molecule has 2 aromatic heterocycles. The molecule has 28 heavy (non-hydrogen) atoms. The van der Waals surface area contributed by atoms with Gasteiger partial charge in [0.1, 0.15) is 16.5 Å². The summed E-state index contributed by atoms with van der Waals surface area (Å²) in [6.07, 6.45) is 1.83. The monoisotopic (exact) mass is 391 g/mol. The van der Waals surface area contributed by atoms with E-state index in [1.54, 1.807) is 25.6 Å². The first-order valence-electron chi connectivity index (χ1n) is 8.98. The van der Waals surface area contributed by atoms with Crippen molar-refractivity contribution in [3.63, 3.8) is 0 Å². The van der Waals surface area contributed by atoms with Gasteiger partial charge in [0.2, 0.25) is 0 Å². The summed E-state index contributed by atoms with van der Waals surface area (Å²) in [5, 5.41) is 7.97. The summed E-state index contributed by atoms with van der Waals surface area (Å²) in [6, 6.07) is 18.1. The molecule has 1 unspecified atom stereocenters. The van der Waals surface area contributed by atoms with Crippen molar-refractivity contribution < 1.29 is 9.47 Å². The molecule has 2 heterocycles. The smallest absolute Gasteiger partial charge is 0.119 e. The first-order valence-corrected chi connectivity index (χ1v) is 9.85. The van der Waals surface area contributed by atoms with Crippen LogP contribution in [0.1, 0.15) is 23.5 Å². The van der Waals surface area contributed by atoms with Gasteiger partial charge in [-0.1, -0.05) is 6.92 Å². The van der Waals surface area contributed by atoms with Gasteiger partial charge in [-0.05, 0) is 54.6 Å². The van der Waals surface area contributed by atoms with Crippen LogP contribution in [0.5, 0.6) is 11.5 Å². The molecular weight excluding hydrogens is 370 g/mol. The molecule has 4 aromatic rings. The van der Waals surface area contributed by atoms with Crippen molar-refractivity contribution in [3.05, 3.63) is 76.9 Å². The molecule has 5 nitrogen and oxygen atoms in total. The number of rotatable bonds is 6. The van der Waals surface area contributed by atoms with Gasteiger partial charge in [0.25, 0.3) is 0 Å². The minimum absolute atomic E-state index is 0.122. The van der Waals surface area contributed by atoms with E-state index in [0.29, 0.717) is 0 Å². The number of hydrogen-bond donors (Lipinski definition) is 0. The summed E-state index contributed by atoms with van der Waals surface area (Å²) in [4.78, 5) is 4.46. The molecule has 0 radical (unpaired) electrons. The summed E-state index contributed by atoms with van der Waals surface area (Å²) >= 11 is 1.65. The minimum Gasteiger partial charge on any atom is -0.497 e. The lowest BCUT2D eigenvalue weighted by Crippen LogP contribution is -2.01. The van der Waals surface area contributed by atoms with Crippen LogP contribution >= 0.6 is 11.3 Å². The molecule has 1 atom stereocenters. The number of methoxy groups -OCH3 is 2. The van der Waals surface area contributed by atoms with Gasteiger partial charge >= 0.3 is 0 Å². The van der Waals surface area contributed by atoms with E-state index >= 15 is 0 Å². The van der Waals surface area contributed by atoms with Gasteiger partial charge in [0.05, 0.1) is 37.2 Å². The molecule has 2 aromatic carbocycles. The van der Waals surface area contributed by atoms with Crippen LogP contribution in [-0.2, 0) is 0 Å². The van der Waals surface area contributed by atoms with Crippen molar-refractivity contribution in [2.24, 2.45) is 0 Å². The Labute approximate surface area is 168 Å². The Morgan fingerprint density at radius 1 is 0.929 bits per heavy atom. The van der Waals surface area contributed by atoms with Crippen molar-refractivity contribution >= 4 is 11.3 Å². The van der Waals surface area contributed by atoms with Crippen molar-refractivity contribution in [2.45, 2.75) is 12.8 Å². The molecular formula is C22H21N3O2S. The van der Waals surface area contributed by atoms with E-state index in [1.807, 2.05) is 64.8 Å². The summed E-state index contributed by atoms with van der Waals surface area (Å²) in [7, 11) is 3.34. The fourth-order valence-electron chi connectivity index (χ4n) is 3.07. The maximum atomic E-state index is 5.29. The largest absolute Gasteiger partial charge is 0.497 e. The summed E-state index contributed by atoms with van der Waals surface area (Å²) in [6.45, 7) is 2.14. The zero-order valence-corrected chi connectivity index (χ0v) is 16.8. The first-order chi connectivity index (χ1) is 13.7. The van der Waals surface area contributed by atoms with E-state index < -0.39 is 0 Å². The summed E-state index contributed by atoms with van der Waals surface area (Å²) in [5.74, 6) is 1.77. The molecule has 0 N–H and O–H groups in total. The normalized spacial score (nSPS) is 12.0. The van der Waals surface area contributed by atoms with Crippen LogP contribution in [0.15, 0.2) is 66.2 Å². The lowest BCUT2D eigenvalue weighted by atomic mass is 10.1. The number of thiazole rings is 1. The zero-order valence-electron chi connectivity index (χ0n) is 16.0. The Kier molecular flexibility index (Phi) is 5.12. The Balaban J connectivity index is 1.81. The number of benzene rings is 2. The molecule has 6 heteroatoms. The maximum absolute atomic E-state index is 5.29. The Bertz CT molecular complexity index is 974. The van der Waals surface area contributed by atoms with Gasteiger partial charge in [-0.3, -0.25) is 0 Å². The zero-order chi connectivity index (χ0) is 19.5. The van der Waals surface area contributed by atoms with Gasteiger partial charge in [-0.15, -0.1) is 11.3 Å². The molecule has 0 saturated carbocycles. The predicted octanol–water partition coefficient (Wildman–Crippen LogP) is 5.16. The summed E-state index contributed by atoms with van der Waals surface area (Å²) < 4.78 is 12.6. The fourth-order valence-corrected chi connectivity index (χ4v) is 3.78. The standard InChI is InChI=1S/C22H21N3O2S/c1-15(22-23-12-13-28-22)20-14-21(16-4-8-18(26-2)9-5-16)25(24-20)17-6-10-19(27-3)11-7-17/h4-15H,1-3H3. The second kappa shape index (κ2) is 7.86. The van der Waals surface area contributed by atoms with E-state index in [-0.39, 0.29) is 5.92 Å². The van der Waals surface area contributed by atoms with E-state index in [2.05, 4.69) is 18.0 Å². The molecule has 0 fully saturated rings. The van der Waals surface area contributed by atoms with E-state index in [0.717, 1.165) is 39.1 Å². The van der Waals surface area contributed by atoms with Crippen LogP contribution in [0, 0.1) is 0 Å². The topological polar surface area (TPSA) is 49.2 Å². The molecule has 0 spiro atoms. The van der Waals surface area contributed by atoms with Crippen LogP contribution in [0.25, 0.3) is 16.9 Å². The average molecular weight is 391 g/mol. The third kappa shape index (κ3) is 3.51.